The Labute approximate surface area is 103 Å². The van der Waals surface area contributed by atoms with E-state index in [1.165, 1.54) is 16.9 Å². The summed E-state index contributed by atoms with van der Waals surface area (Å²) < 4.78 is 5.67. The molecule has 1 atom stereocenters. The first-order valence-electron chi connectivity index (χ1n) is 5.45. The van der Waals surface area contributed by atoms with E-state index >= 15 is 0 Å². The van der Waals surface area contributed by atoms with Gasteiger partial charge >= 0.3 is 0 Å². The maximum absolute atomic E-state index is 10.2. The molecular weight excluding hydrogens is 232 g/mol. The molecule has 2 nitrogen and oxygen atoms in total. The number of hydrogen-bond acceptors (Lipinski definition) is 3. The number of hydrogen-bond donors (Lipinski definition) is 1. The van der Waals surface area contributed by atoms with Crippen molar-refractivity contribution >= 4 is 22.3 Å². The standard InChI is InChI=1S/C14H12O2S/c1-9-4-5-11-10(7-9)8-12(16-11)14(15)13-3-2-6-17-13/h2-8,14-15H,1H3. The predicted molar refractivity (Wildman–Crippen MR) is 69.3 cm³/mol. The van der Waals surface area contributed by atoms with E-state index < -0.39 is 6.10 Å². The number of furan rings is 1. The topological polar surface area (TPSA) is 33.4 Å². The summed E-state index contributed by atoms with van der Waals surface area (Å²) in [6.45, 7) is 2.04. The van der Waals surface area contributed by atoms with Crippen LogP contribution >= 0.6 is 11.3 Å². The van der Waals surface area contributed by atoms with Crippen LogP contribution in [0.4, 0.5) is 0 Å². The van der Waals surface area contributed by atoms with Gasteiger partial charge in [-0.1, -0.05) is 17.7 Å². The molecule has 0 bridgehead atoms. The molecule has 3 aromatic rings. The predicted octanol–water partition coefficient (Wildman–Crippen LogP) is 3.88. The molecule has 1 aromatic carbocycles. The number of aliphatic hydroxyl groups is 1. The highest BCUT2D eigenvalue weighted by atomic mass is 32.1. The molecule has 0 saturated heterocycles. The zero-order valence-electron chi connectivity index (χ0n) is 9.38. The number of fused-ring (bicyclic) bond motifs is 1. The van der Waals surface area contributed by atoms with E-state index in [9.17, 15) is 5.11 Å². The molecule has 0 aliphatic carbocycles. The largest absolute Gasteiger partial charge is 0.458 e. The van der Waals surface area contributed by atoms with E-state index in [1.54, 1.807) is 0 Å². The van der Waals surface area contributed by atoms with Crippen LogP contribution in [0.5, 0.6) is 0 Å². The van der Waals surface area contributed by atoms with Crippen LogP contribution in [0.2, 0.25) is 0 Å². The van der Waals surface area contributed by atoms with Crippen molar-refractivity contribution in [2.75, 3.05) is 0 Å². The molecule has 0 aliphatic rings. The first-order chi connectivity index (χ1) is 8.24. The summed E-state index contributed by atoms with van der Waals surface area (Å²) in [5, 5.41) is 13.2. The maximum atomic E-state index is 10.2. The van der Waals surface area contributed by atoms with Crippen LogP contribution in [0, 0.1) is 6.92 Å². The second kappa shape index (κ2) is 4.02. The van der Waals surface area contributed by atoms with E-state index in [1.807, 2.05) is 42.6 Å². The summed E-state index contributed by atoms with van der Waals surface area (Å²) in [5.41, 5.74) is 2.01. The molecule has 0 amide bonds. The van der Waals surface area contributed by atoms with Crippen LogP contribution in [-0.4, -0.2) is 5.11 Å². The summed E-state index contributed by atoms with van der Waals surface area (Å²) in [5.74, 6) is 0.605. The molecule has 2 aromatic heterocycles. The van der Waals surface area contributed by atoms with E-state index in [0.717, 1.165) is 15.8 Å². The first-order valence-corrected chi connectivity index (χ1v) is 6.33. The summed E-state index contributed by atoms with van der Waals surface area (Å²) in [6, 6.07) is 11.8. The zero-order chi connectivity index (χ0) is 11.8. The third kappa shape index (κ3) is 1.88. The molecule has 1 N–H and O–H groups in total. The van der Waals surface area contributed by atoms with E-state index in [4.69, 9.17) is 4.42 Å². The van der Waals surface area contributed by atoms with Crippen molar-refractivity contribution in [1.29, 1.82) is 0 Å². The van der Waals surface area contributed by atoms with Gasteiger partial charge < -0.3 is 9.52 Å². The van der Waals surface area contributed by atoms with Gasteiger partial charge in [0, 0.05) is 10.3 Å². The molecule has 0 aliphatic heterocycles. The van der Waals surface area contributed by atoms with Crippen molar-refractivity contribution in [3.63, 3.8) is 0 Å². The van der Waals surface area contributed by atoms with Gasteiger partial charge in [0.05, 0.1) is 0 Å². The lowest BCUT2D eigenvalue weighted by Crippen LogP contribution is -1.93. The molecule has 0 radical (unpaired) electrons. The van der Waals surface area contributed by atoms with Crippen LogP contribution in [0.1, 0.15) is 22.3 Å². The molecule has 86 valence electrons. The third-order valence-electron chi connectivity index (χ3n) is 2.77. The zero-order valence-corrected chi connectivity index (χ0v) is 10.2. The summed E-state index contributed by atoms with van der Waals surface area (Å²) in [4.78, 5) is 0.903. The minimum absolute atomic E-state index is 0.605. The number of aryl methyl sites for hydroxylation is 1. The van der Waals surface area contributed by atoms with Crippen molar-refractivity contribution in [3.8, 4) is 0 Å². The Morgan fingerprint density at radius 3 is 2.88 bits per heavy atom. The monoisotopic (exact) mass is 244 g/mol. The lowest BCUT2D eigenvalue weighted by atomic mass is 10.1. The van der Waals surface area contributed by atoms with E-state index in [-0.39, 0.29) is 0 Å². The summed E-state index contributed by atoms with van der Waals surface area (Å²) >= 11 is 1.53. The van der Waals surface area contributed by atoms with Gasteiger partial charge in [-0.3, -0.25) is 0 Å². The van der Waals surface area contributed by atoms with Crippen LogP contribution < -0.4 is 0 Å². The Morgan fingerprint density at radius 1 is 1.24 bits per heavy atom. The SMILES string of the molecule is Cc1ccc2oc(C(O)c3cccs3)cc2c1. The van der Waals surface area contributed by atoms with Gasteiger partial charge in [0.15, 0.2) is 0 Å². The fourth-order valence-corrected chi connectivity index (χ4v) is 2.62. The number of benzene rings is 1. The second-order valence-corrected chi connectivity index (χ2v) is 5.09. The van der Waals surface area contributed by atoms with E-state index in [2.05, 4.69) is 6.07 Å². The molecular formula is C14H12O2S. The number of aliphatic hydroxyl groups excluding tert-OH is 1. The molecule has 2 heterocycles. The summed E-state index contributed by atoms with van der Waals surface area (Å²) in [6.07, 6.45) is -0.664. The first kappa shape index (κ1) is 10.6. The van der Waals surface area contributed by atoms with Crippen LogP contribution in [0.15, 0.2) is 46.2 Å². The van der Waals surface area contributed by atoms with Crippen molar-refractivity contribution in [3.05, 3.63) is 58.0 Å². The fraction of sp³-hybridized carbons (Fsp3) is 0.143. The molecule has 17 heavy (non-hydrogen) atoms. The smallest absolute Gasteiger partial charge is 0.146 e. The number of thiophene rings is 1. The normalized spacial score (nSPS) is 13.1. The van der Waals surface area contributed by atoms with Gasteiger partial charge in [-0.05, 0) is 36.6 Å². The lowest BCUT2D eigenvalue weighted by Gasteiger charge is -2.03. The maximum Gasteiger partial charge on any atom is 0.146 e. The average molecular weight is 244 g/mol. The minimum atomic E-state index is -0.664. The Morgan fingerprint density at radius 2 is 2.12 bits per heavy atom. The van der Waals surface area contributed by atoms with Crippen molar-refractivity contribution in [1.82, 2.24) is 0 Å². The highest BCUT2D eigenvalue weighted by Crippen LogP contribution is 2.30. The molecule has 3 rings (SSSR count). The lowest BCUT2D eigenvalue weighted by molar-refractivity contribution is 0.196. The van der Waals surface area contributed by atoms with Crippen LogP contribution in [0.3, 0.4) is 0 Å². The van der Waals surface area contributed by atoms with Gasteiger partial charge in [-0.15, -0.1) is 11.3 Å². The van der Waals surface area contributed by atoms with Crippen molar-refractivity contribution in [2.45, 2.75) is 13.0 Å². The van der Waals surface area contributed by atoms with Crippen molar-refractivity contribution < 1.29 is 9.52 Å². The number of rotatable bonds is 2. The average Bonchev–Trinajstić information content (AvgIpc) is 2.96. The van der Waals surface area contributed by atoms with Gasteiger partial charge in [-0.2, -0.15) is 0 Å². The van der Waals surface area contributed by atoms with Crippen LogP contribution in [-0.2, 0) is 0 Å². The highest BCUT2D eigenvalue weighted by molar-refractivity contribution is 7.10. The molecule has 0 saturated carbocycles. The molecule has 3 heteroatoms. The van der Waals surface area contributed by atoms with Crippen molar-refractivity contribution in [2.24, 2.45) is 0 Å². The van der Waals surface area contributed by atoms with Gasteiger partial charge in [0.25, 0.3) is 0 Å². The van der Waals surface area contributed by atoms with Crippen LogP contribution in [0.25, 0.3) is 11.0 Å². The van der Waals surface area contributed by atoms with E-state index in [0.29, 0.717) is 5.76 Å². The Balaban J connectivity index is 2.06. The molecule has 0 fully saturated rings. The summed E-state index contributed by atoms with van der Waals surface area (Å²) in [7, 11) is 0. The second-order valence-electron chi connectivity index (χ2n) is 4.11. The molecule has 1 unspecified atom stereocenters. The highest BCUT2D eigenvalue weighted by Gasteiger charge is 2.16. The van der Waals surface area contributed by atoms with Gasteiger partial charge in [-0.25, -0.2) is 0 Å². The molecule has 0 spiro atoms. The van der Waals surface area contributed by atoms with Gasteiger partial charge in [0.1, 0.15) is 17.4 Å². The third-order valence-corrected chi connectivity index (χ3v) is 3.70. The minimum Gasteiger partial charge on any atom is -0.458 e. The quantitative estimate of drug-likeness (QED) is 0.742. The fourth-order valence-electron chi connectivity index (χ4n) is 1.91. The Kier molecular flexibility index (Phi) is 2.50. The Hall–Kier alpha value is -1.58. The Bertz CT molecular complexity index is 637. The van der Waals surface area contributed by atoms with Gasteiger partial charge in [0.2, 0.25) is 0 Å².